The molecule has 0 saturated heterocycles. The quantitative estimate of drug-likeness (QED) is 0.383. The minimum atomic E-state index is -0.381. The predicted octanol–water partition coefficient (Wildman–Crippen LogP) is 5.51. The fourth-order valence-electron chi connectivity index (χ4n) is 5.55. The van der Waals surface area contributed by atoms with Gasteiger partial charge in [0, 0.05) is 35.5 Å². The fourth-order valence-corrected chi connectivity index (χ4v) is 6.81. The lowest BCUT2D eigenvalue weighted by Crippen LogP contribution is -2.37. The molecule has 4 heterocycles. The van der Waals surface area contributed by atoms with Gasteiger partial charge in [-0.25, -0.2) is 4.79 Å². The van der Waals surface area contributed by atoms with Gasteiger partial charge in [-0.05, 0) is 41.7 Å². The summed E-state index contributed by atoms with van der Waals surface area (Å²) in [5.74, 6) is -0.164. The third-order valence-corrected chi connectivity index (χ3v) is 8.18. The van der Waals surface area contributed by atoms with Crippen molar-refractivity contribution in [3.8, 4) is 0 Å². The molecule has 3 aliphatic heterocycles. The van der Waals surface area contributed by atoms with Crippen LogP contribution in [-0.4, -0.2) is 35.0 Å². The van der Waals surface area contributed by atoms with Crippen LogP contribution >= 0.6 is 11.8 Å². The first-order chi connectivity index (χ1) is 16.1. The third kappa shape index (κ3) is 3.32. The highest BCUT2D eigenvalue weighted by atomic mass is 32.2. The SMILES string of the molecule is COC(=O)/C=C/C1=CN2CC(Sc3ccccc3)c3c4n(c5ccccc35)C(=O)C[C@H]1C[C@@H]42. The van der Waals surface area contributed by atoms with Crippen molar-refractivity contribution in [1.29, 1.82) is 0 Å². The highest BCUT2D eigenvalue weighted by molar-refractivity contribution is 7.99. The Morgan fingerprint density at radius 1 is 1.12 bits per heavy atom. The number of methoxy groups -OCH3 is 1. The van der Waals surface area contributed by atoms with E-state index < -0.39 is 0 Å². The molecular weight excluding hydrogens is 432 g/mol. The molecule has 3 aliphatic rings. The Morgan fingerprint density at radius 2 is 1.91 bits per heavy atom. The molecule has 3 atom stereocenters. The number of ether oxygens (including phenoxy) is 1. The molecule has 0 saturated carbocycles. The molecule has 1 unspecified atom stereocenters. The van der Waals surface area contributed by atoms with E-state index in [1.807, 2.05) is 34.5 Å². The van der Waals surface area contributed by atoms with Crippen LogP contribution < -0.4 is 0 Å². The third-order valence-electron chi connectivity index (χ3n) is 6.97. The van der Waals surface area contributed by atoms with Gasteiger partial charge in [-0.3, -0.25) is 9.36 Å². The zero-order chi connectivity index (χ0) is 22.5. The Morgan fingerprint density at radius 3 is 2.73 bits per heavy atom. The zero-order valence-corrected chi connectivity index (χ0v) is 19.1. The van der Waals surface area contributed by atoms with Gasteiger partial charge in [0.05, 0.1) is 29.6 Å². The molecule has 0 fully saturated rings. The van der Waals surface area contributed by atoms with Crippen LogP contribution in [0.3, 0.4) is 0 Å². The first-order valence-corrected chi connectivity index (χ1v) is 12.1. The number of esters is 1. The van der Waals surface area contributed by atoms with Gasteiger partial charge in [-0.2, -0.15) is 0 Å². The van der Waals surface area contributed by atoms with E-state index in [1.165, 1.54) is 29.0 Å². The Bertz CT molecular complexity index is 1320. The van der Waals surface area contributed by atoms with Crippen LogP contribution in [0.1, 0.15) is 40.2 Å². The number of aromatic nitrogens is 1. The Labute approximate surface area is 196 Å². The van der Waals surface area contributed by atoms with Crippen molar-refractivity contribution >= 4 is 34.5 Å². The second-order valence-electron chi connectivity index (χ2n) is 8.80. The Kier molecular flexibility index (Phi) is 4.91. The van der Waals surface area contributed by atoms with Gasteiger partial charge in [-0.1, -0.05) is 42.5 Å². The van der Waals surface area contributed by atoms with Crippen LogP contribution in [0.15, 0.2) is 83.4 Å². The molecule has 0 spiro atoms. The van der Waals surface area contributed by atoms with Crippen molar-refractivity contribution < 1.29 is 14.3 Å². The van der Waals surface area contributed by atoms with E-state index in [0.29, 0.717) is 6.42 Å². The summed E-state index contributed by atoms with van der Waals surface area (Å²) in [5, 5.41) is 1.38. The van der Waals surface area contributed by atoms with Crippen LogP contribution in [0.5, 0.6) is 0 Å². The van der Waals surface area contributed by atoms with Gasteiger partial charge in [0.25, 0.3) is 0 Å². The monoisotopic (exact) mass is 456 g/mol. The van der Waals surface area contributed by atoms with E-state index in [1.54, 1.807) is 0 Å². The number of rotatable bonds is 4. The van der Waals surface area contributed by atoms with Crippen molar-refractivity contribution in [2.24, 2.45) is 5.92 Å². The molecule has 0 aliphatic carbocycles. The first kappa shape index (κ1) is 20.4. The number of hydrogen-bond acceptors (Lipinski definition) is 5. The minimum Gasteiger partial charge on any atom is -0.466 e. The topological polar surface area (TPSA) is 51.5 Å². The summed E-state index contributed by atoms with van der Waals surface area (Å²) in [5.41, 5.74) is 4.48. The number of para-hydroxylation sites is 1. The van der Waals surface area contributed by atoms with Crippen LogP contribution in [0.2, 0.25) is 0 Å². The second kappa shape index (κ2) is 7.96. The molecule has 0 N–H and O–H groups in total. The lowest BCUT2D eigenvalue weighted by molar-refractivity contribution is -0.134. The van der Waals surface area contributed by atoms with Gasteiger partial charge in [0.1, 0.15) is 0 Å². The largest absolute Gasteiger partial charge is 0.466 e. The minimum absolute atomic E-state index is 0.0875. The van der Waals surface area contributed by atoms with Crippen molar-refractivity contribution in [2.45, 2.75) is 29.0 Å². The molecular formula is C27H24N2O3S. The molecule has 0 amide bonds. The average Bonchev–Trinajstić information content (AvgIpc) is 3.12. The maximum absolute atomic E-state index is 13.6. The van der Waals surface area contributed by atoms with Gasteiger partial charge >= 0.3 is 5.97 Å². The smallest absolute Gasteiger partial charge is 0.330 e. The van der Waals surface area contributed by atoms with E-state index in [9.17, 15) is 9.59 Å². The molecule has 6 rings (SSSR count). The summed E-state index contributed by atoms with van der Waals surface area (Å²) in [6.45, 7) is 0.849. The van der Waals surface area contributed by atoms with Crippen LogP contribution in [0.25, 0.3) is 10.9 Å². The molecule has 0 radical (unpaired) electrons. The predicted molar refractivity (Wildman–Crippen MR) is 129 cm³/mol. The number of nitrogens with zero attached hydrogens (tertiary/aromatic N) is 2. The van der Waals surface area contributed by atoms with Crippen molar-refractivity contribution in [3.05, 3.63) is 89.8 Å². The van der Waals surface area contributed by atoms with Crippen LogP contribution in [-0.2, 0) is 9.53 Å². The number of fused-ring (bicyclic) bond motifs is 4. The number of carbonyl (C=O) groups excluding carboxylic acids is 2. The van der Waals surface area contributed by atoms with E-state index in [-0.39, 0.29) is 29.1 Å². The number of benzene rings is 2. The summed E-state index contributed by atoms with van der Waals surface area (Å²) in [4.78, 5) is 28.9. The summed E-state index contributed by atoms with van der Waals surface area (Å²) < 4.78 is 6.77. The highest BCUT2D eigenvalue weighted by Crippen LogP contribution is 2.53. The normalized spacial score (nSPS) is 23.5. The van der Waals surface area contributed by atoms with E-state index in [4.69, 9.17) is 4.74 Å². The number of allylic oxidation sites excluding steroid dienone is 2. The molecule has 3 aromatic rings. The van der Waals surface area contributed by atoms with Gasteiger partial charge in [0.2, 0.25) is 5.91 Å². The van der Waals surface area contributed by atoms with E-state index in [2.05, 4.69) is 53.6 Å². The van der Waals surface area contributed by atoms with Crippen molar-refractivity contribution in [1.82, 2.24) is 9.47 Å². The summed E-state index contributed by atoms with van der Waals surface area (Å²) in [7, 11) is 1.38. The van der Waals surface area contributed by atoms with Gasteiger partial charge in [0.15, 0.2) is 0 Å². The van der Waals surface area contributed by atoms with Gasteiger partial charge in [-0.15, -0.1) is 11.8 Å². The van der Waals surface area contributed by atoms with E-state index >= 15 is 0 Å². The zero-order valence-electron chi connectivity index (χ0n) is 18.3. The standard InChI is InChI=1S/C27H24N2O3S/c1-32-25(31)12-11-17-15-28-16-23(33-19-7-3-2-4-8-19)26-20-9-5-6-10-21(20)29-24(30)14-18(17)13-22(28)27(26)29/h2-12,15,18,22-23H,13-14,16H2,1H3/b12-11+/t18-,22+,23?/m1/s1. The van der Waals surface area contributed by atoms with Crippen molar-refractivity contribution in [3.63, 3.8) is 0 Å². The number of carbonyl (C=O) groups is 2. The van der Waals surface area contributed by atoms with E-state index in [0.717, 1.165) is 29.7 Å². The van der Waals surface area contributed by atoms with Gasteiger partial charge < -0.3 is 9.64 Å². The molecule has 6 heteroatoms. The summed E-state index contributed by atoms with van der Waals surface area (Å²) in [6, 6.07) is 18.9. The molecule has 5 nitrogen and oxygen atoms in total. The van der Waals surface area contributed by atoms with Crippen LogP contribution in [0.4, 0.5) is 0 Å². The molecule has 33 heavy (non-hydrogen) atoms. The molecule has 2 aromatic carbocycles. The lowest BCUT2D eigenvalue weighted by Gasteiger charge is -2.43. The molecule has 1 aromatic heterocycles. The Hall–Kier alpha value is -3.25. The summed E-state index contributed by atoms with van der Waals surface area (Å²) in [6.07, 6.45) is 6.76. The number of thioether (sulfide) groups is 1. The summed E-state index contributed by atoms with van der Waals surface area (Å²) >= 11 is 1.85. The second-order valence-corrected chi connectivity index (χ2v) is 10.1. The molecule has 2 bridgehead atoms. The maximum Gasteiger partial charge on any atom is 0.330 e. The number of hydrogen-bond donors (Lipinski definition) is 0. The van der Waals surface area contributed by atoms with Crippen LogP contribution in [0, 0.1) is 5.92 Å². The molecule has 166 valence electrons. The first-order valence-electron chi connectivity index (χ1n) is 11.3. The van der Waals surface area contributed by atoms with Crippen molar-refractivity contribution in [2.75, 3.05) is 13.7 Å². The average molecular weight is 457 g/mol. The fraction of sp³-hybridized carbons (Fsp3) is 0.259. The highest BCUT2D eigenvalue weighted by Gasteiger charge is 2.44. The Balaban J connectivity index is 1.52. The lowest BCUT2D eigenvalue weighted by atomic mass is 9.82. The maximum atomic E-state index is 13.6.